The predicted molar refractivity (Wildman–Crippen MR) is 76.6 cm³/mol. The molecule has 0 radical (unpaired) electrons. The first kappa shape index (κ1) is 19.4. The van der Waals surface area contributed by atoms with Gasteiger partial charge in [-0.1, -0.05) is 30.7 Å². The second kappa shape index (κ2) is 8.02. The molecule has 0 saturated heterocycles. The molecule has 0 saturated carbocycles. The lowest BCUT2D eigenvalue weighted by molar-refractivity contribution is -0.132. The Balaban J connectivity index is 5.40. The molecule has 0 aromatic rings. The van der Waals surface area contributed by atoms with Gasteiger partial charge >= 0.3 is 12.1 Å². The lowest BCUT2D eigenvalue weighted by Gasteiger charge is -2.14. The smallest absolute Gasteiger partial charge is 0.416 e. The van der Waals surface area contributed by atoms with Gasteiger partial charge in [0.1, 0.15) is 0 Å². The van der Waals surface area contributed by atoms with Gasteiger partial charge < -0.3 is 10.5 Å². The van der Waals surface area contributed by atoms with Crippen molar-refractivity contribution in [1.82, 2.24) is 0 Å². The Bertz CT molecular complexity index is 505. The van der Waals surface area contributed by atoms with Crippen LogP contribution in [0.3, 0.4) is 0 Å². The summed E-state index contributed by atoms with van der Waals surface area (Å²) in [6.07, 6.45) is -1.36. The topological polar surface area (TPSA) is 61.2 Å². The Morgan fingerprint density at radius 1 is 1.43 bits per heavy atom. The summed E-state index contributed by atoms with van der Waals surface area (Å²) in [7, 11) is 0. The molecular formula is C14H17ClF3NO2. The molecule has 0 aromatic carbocycles. The summed E-state index contributed by atoms with van der Waals surface area (Å²) < 4.78 is 37.8. The van der Waals surface area contributed by atoms with Crippen molar-refractivity contribution in [3.05, 3.63) is 34.4 Å². The second-order valence-electron chi connectivity index (χ2n) is 4.32. The number of rotatable bonds is 6. The van der Waals surface area contributed by atoms with E-state index in [0.29, 0.717) is 12.5 Å². The van der Waals surface area contributed by atoms with E-state index in [-0.39, 0.29) is 16.3 Å². The molecule has 2 N–H and O–H groups in total. The minimum atomic E-state index is -4.55. The van der Waals surface area contributed by atoms with Crippen LogP contribution in [0.2, 0.25) is 0 Å². The van der Waals surface area contributed by atoms with E-state index in [1.807, 2.05) is 0 Å². The molecule has 118 valence electrons. The molecule has 0 bridgehead atoms. The number of halogens is 4. The first-order chi connectivity index (χ1) is 9.54. The normalized spacial score (nSPS) is 15.9. The third-order valence-corrected chi connectivity index (χ3v) is 3.09. The number of carbonyl (C=O) groups is 1. The van der Waals surface area contributed by atoms with Gasteiger partial charge in [-0.3, -0.25) is 0 Å². The van der Waals surface area contributed by atoms with Crippen LogP contribution in [0, 0.1) is 11.3 Å². The van der Waals surface area contributed by atoms with E-state index in [2.05, 4.69) is 0 Å². The summed E-state index contributed by atoms with van der Waals surface area (Å²) in [5.41, 5.74) is -1.19. The molecule has 7 heteroatoms. The average molecular weight is 324 g/mol. The van der Waals surface area contributed by atoms with Crippen LogP contribution in [0.1, 0.15) is 27.2 Å². The molecule has 0 spiro atoms. The molecule has 1 unspecified atom stereocenters. The van der Waals surface area contributed by atoms with Crippen LogP contribution < -0.4 is 0 Å². The Hall–Kier alpha value is -1.56. The molecule has 0 fully saturated rings. The number of hydrogen-bond acceptors (Lipinski definition) is 2. The van der Waals surface area contributed by atoms with Crippen molar-refractivity contribution in [2.24, 2.45) is 5.92 Å². The molecule has 0 amide bonds. The molecule has 0 aliphatic heterocycles. The van der Waals surface area contributed by atoms with Gasteiger partial charge in [-0.25, -0.2) is 4.79 Å². The Morgan fingerprint density at radius 3 is 2.29 bits per heavy atom. The van der Waals surface area contributed by atoms with Crippen LogP contribution >= 0.6 is 11.6 Å². The standard InChI is InChI=1S/C14H17ClF3NO2/c1-4-9(6-8(3)13(20)21)12(19)11(15)7-10(5-2)14(16,17)18/h5-7,9,19H,4H2,1-3H3,(H,20,21)/b8-6+,10-5+,11-7+,19-12?. The van der Waals surface area contributed by atoms with Crippen LogP contribution in [-0.4, -0.2) is 23.0 Å². The predicted octanol–water partition coefficient (Wildman–Crippen LogP) is 4.69. The summed E-state index contributed by atoms with van der Waals surface area (Å²) in [5, 5.41) is 16.3. The van der Waals surface area contributed by atoms with Crippen molar-refractivity contribution >= 4 is 23.3 Å². The third-order valence-electron chi connectivity index (χ3n) is 2.78. The van der Waals surface area contributed by atoms with Crippen molar-refractivity contribution in [2.75, 3.05) is 0 Å². The minimum absolute atomic E-state index is 0.0122. The SMILES string of the molecule is C/C=C(\C=C(\Cl)C(=N)C(/C=C(\C)C(=O)O)CC)C(F)(F)F. The fraction of sp³-hybridized carbons (Fsp3) is 0.429. The molecule has 21 heavy (non-hydrogen) atoms. The molecule has 0 rings (SSSR count). The number of carboxylic acid groups (broad SMARTS) is 1. The molecule has 1 atom stereocenters. The number of hydrogen-bond donors (Lipinski definition) is 2. The molecule has 0 aliphatic carbocycles. The van der Waals surface area contributed by atoms with Gasteiger partial charge in [0.05, 0.1) is 16.3 Å². The van der Waals surface area contributed by atoms with Crippen molar-refractivity contribution < 1.29 is 23.1 Å². The highest BCUT2D eigenvalue weighted by atomic mass is 35.5. The van der Waals surface area contributed by atoms with Crippen molar-refractivity contribution in [3.8, 4) is 0 Å². The fourth-order valence-electron chi connectivity index (χ4n) is 1.50. The van der Waals surface area contributed by atoms with E-state index in [1.165, 1.54) is 19.9 Å². The molecule has 0 aromatic heterocycles. The molecule has 0 aliphatic rings. The quantitative estimate of drug-likeness (QED) is 0.423. The monoisotopic (exact) mass is 323 g/mol. The minimum Gasteiger partial charge on any atom is -0.478 e. The zero-order valence-electron chi connectivity index (χ0n) is 11.9. The van der Waals surface area contributed by atoms with Gasteiger partial charge in [-0.15, -0.1) is 0 Å². The zero-order chi connectivity index (χ0) is 16.8. The number of allylic oxidation sites excluding steroid dienone is 5. The lowest BCUT2D eigenvalue weighted by Crippen LogP contribution is -2.15. The van der Waals surface area contributed by atoms with E-state index in [1.54, 1.807) is 6.92 Å². The maximum atomic E-state index is 12.6. The van der Waals surface area contributed by atoms with Crippen molar-refractivity contribution in [3.63, 3.8) is 0 Å². The maximum Gasteiger partial charge on any atom is 0.416 e. The van der Waals surface area contributed by atoms with Crippen LogP contribution in [0.5, 0.6) is 0 Å². The first-order valence-corrected chi connectivity index (χ1v) is 6.53. The van der Waals surface area contributed by atoms with Gasteiger partial charge in [0.15, 0.2) is 0 Å². The first-order valence-electron chi connectivity index (χ1n) is 6.15. The number of carboxylic acids is 1. The van der Waals surface area contributed by atoms with E-state index < -0.39 is 23.6 Å². The second-order valence-corrected chi connectivity index (χ2v) is 4.72. The maximum absolute atomic E-state index is 12.6. The summed E-state index contributed by atoms with van der Waals surface area (Å²) >= 11 is 5.77. The average Bonchev–Trinajstić information content (AvgIpc) is 2.38. The van der Waals surface area contributed by atoms with E-state index in [9.17, 15) is 18.0 Å². The molecule has 0 heterocycles. The van der Waals surface area contributed by atoms with E-state index in [4.69, 9.17) is 22.1 Å². The Labute approximate surface area is 126 Å². The van der Waals surface area contributed by atoms with Crippen LogP contribution in [-0.2, 0) is 4.79 Å². The summed E-state index contributed by atoms with van der Waals surface area (Å²) in [6.45, 7) is 4.26. The highest BCUT2D eigenvalue weighted by Crippen LogP contribution is 2.29. The molecular weight excluding hydrogens is 307 g/mol. The highest BCUT2D eigenvalue weighted by Gasteiger charge is 2.32. The van der Waals surface area contributed by atoms with Gasteiger partial charge in [-0.05, 0) is 26.3 Å². The van der Waals surface area contributed by atoms with Crippen molar-refractivity contribution in [1.29, 1.82) is 5.41 Å². The zero-order valence-corrected chi connectivity index (χ0v) is 12.6. The van der Waals surface area contributed by atoms with Crippen LogP contribution in [0.4, 0.5) is 13.2 Å². The number of nitrogens with one attached hydrogen (secondary N) is 1. The van der Waals surface area contributed by atoms with Gasteiger partial charge in [-0.2, -0.15) is 13.2 Å². The van der Waals surface area contributed by atoms with Gasteiger partial charge in [0.2, 0.25) is 0 Å². The lowest BCUT2D eigenvalue weighted by atomic mass is 9.96. The number of aliphatic carboxylic acids is 1. The van der Waals surface area contributed by atoms with Crippen LogP contribution in [0.15, 0.2) is 34.4 Å². The summed E-state index contributed by atoms with van der Waals surface area (Å²) in [5.74, 6) is -1.80. The largest absolute Gasteiger partial charge is 0.478 e. The summed E-state index contributed by atoms with van der Waals surface area (Å²) in [4.78, 5) is 10.8. The van der Waals surface area contributed by atoms with E-state index in [0.717, 1.165) is 6.08 Å². The van der Waals surface area contributed by atoms with Crippen LogP contribution in [0.25, 0.3) is 0 Å². The van der Waals surface area contributed by atoms with Crippen molar-refractivity contribution in [2.45, 2.75) is 33.4 Å². The van der Waals surface area contributed by atoms with E-state index >= 15 is 0 Å². The van der Waals surface area contributed by atoms with Gasteiger partial charge in [0, 0.05) is 11.5 Å². The fourth-order valence-corrected chi connectivity index (χ4v) is 1.76. The summed E-state index contributed by atoms with van der Waals surface area (Å²) in [6, 6.07) is 0. The Morgan fingerprint density at radius 2 is 1.95 bits per heavy atom. The number of alkyl halides is 3. The third kappa shape index (κ3) is 6.16. The highest BCUT2D eigenvalue weighted by molar-refractivity contribution is 6.43. The Kier molecular flexibility index (Phi) is 7.43. The van der Waals surface area contributed by atoms with Gasteiger partial charge in [0.25, 0.3) is 0 Å². The molecule has 3 nitrogen and oxygen atoms in total.